The van der Waals surface area contributed by atoms with E-state index in [1.54, 1.807) is 0 Å². The van der Waals surface area contributed by atoms with E-state index in [1.165, 1.54) is 0 Å². The van der Waals surface area contributed by atoms with Crippen LogP contribution in [0.5, 0.6) is 0 Å². The summed E-state index contributed by atoms with van der Waals surface area (Å²) in [4.78, 5) is 26.7. The zero-order chi connectivity index (χ0) is 9.26. The van der Waals surface area contributed by atoms with Crippen LogP contribution in [0.3, 0.4) is 0 Å². The van der Waals surface area contributed by atoms with Crippen LogP contribution < -0.4 is 16.1 Å². The molecule has 0 aromatic rings. The fourth-order valence-corrected chi connectivity index (χ4v) is 1.06. The zero-order valence-electron chi connectivity index (χ0n) is 7.00. The molecule has 6 nitrogen and oxygen atoms in total. The smallest absolute Gasteiger partial charge is 0.315 e. The molecule has 3 N–H and O–H groups in total. The Hall–Kier alpha value is -1.30. The fourth-order valence-electron chi connectivity index (χ4n) is 1.06. The highest BCUT2D eigenvalue weighted by Crippen LogP contribution is 2.18. The van der Waals surface area contributed by atoms with Crippen molar-refractivity contribution in [1.82, 2.24) is 16.1 Å². The number of hydrogen-bond donors (Lipinski definition) is 3. The van der Waals surface area contributed by atoms with Gasteiger partial charge in [0.15, 0.2) is 0 Å². The highest BCUT2D eigenvalue weighted by atomic mass is 16.7. The molecule has 1 aliphatic carbocycles. The normalized spacial score (nSPS) is 26.8. The first-order valence-corrected chi connectivity index (χ1v) is 4.24. The van der Waals surface area contributed by atoms with Crippen molar-refractivity contribution in [2.75, 3.05) is 6.61 Å². The standard InChI is InChI=1S/C7H11N3O3/c11-6-5(3-13-10-6)9-7(12)8-4-1-2-4/h4-5H,1-3H2,(H,10,11)(H2,8,9,12). The quantitative estimate of drug-likeness (QED) is 0.509. The molecule has 72 valence electrons. The van der Waals surface area contributed by atoms with Gasteiger partial charge < -0.3 is 10.6 Å². The Morgan fingerprint density at radius 3 is 2.77 bits per heavy atom. The summed E-state index contributed by atoms with van der Waals surface area (Å²) in [5, 5.41) is 5.23. The largest absolute Gasteiger partial charge is 0.335 e. The van der Waals surface area contributed by atoms with E-state index < -0.39 is 6.04 Å². The molecular formula is C7H11N3O3. The van der Waals surface area contributed by atoms with E-state index in [0.29, 0.717) is 6.04 Å². The van der Waals surface area contributed by atoms with Crippen molar-refractivity contribution in [3.63, 3.8) is 0 Å². The average molecular weight is 185 g/mol. The zero-order valence-corrected chi connectivity index (χ0v) is 7.00. The second-order valence-electron chi connectivity index (χ2n) is 3.22. The van der Waals surface area contributed by atoms with Gasteiger partial charge in [-0.05, 0) is 12.8 Å². The Bertz CT molecular complexity index is 239. The van der Waals surface area contributed by atoms with E-state index in [2.05, 4.69) is 21.0 Å². The van der Waals surface area contributed by atoms with Gasteiger partial charge in [-0.25, -0.2) is 10.3 Å². The molecule has 2 fully saturated rings. The van der Waals surface area contributed by atoms with Crippen LogP contribution >= 0.6 is 0 Å². The Balaban J connectivity index is 1.75. The molecule has 13 heavy (non-hydrogen) atoms. The second kappa shape index (κ2) is 3.21. The van der Waals surface area contributed by atoms with E-state index in [-0.39, 0.29) is 18.5 Å². The van der Waals surface area contributed by atoms with Gasteiger partial charge in [0.25, 0.3) is 5.91 Å². The monoisotopic (exact) mass is 185 g/mol. The highest BCUT2D eigenvalue weighted by Gasteiger charge is 2.29. The first-order chi connectivity index (χ1) is 6.25. The van der Waals surface area contributed by atoms with Gasteiger partial charge in [-0.2, -0.15) is 0 Å². The molecule has 3 amide bonds. The van der Waals surface area contributed by atoms with Crippen LogP contribution in [0.2, 0.25) is 0 Å². The average Bonchev–Trinajstić information content (AvgIpc) is 2.79. The lowest BCUT2D eigenvalue weighted by Gasteiger charge is -2.08. The minimum absolute atomic E-state index is 0.191. The summed E-state index contributed by atoms with van der Waals surface area (Å²) in [6, 6.07) is -0.558. The van der Waals surface area contributed by atoms with Crippen LogP contribution in [0, 0.1) is 0 Å². The molecule has 0 spiro atoms. The van der Waals surface area contributed by atoms with Gasteiger partial charge in [0.2, 0.25) is 0 Å². The van der Waals surface area contributed by atoms with E-state index in [4.69, 9.17) is 0 Å². The molecule has 1 saturated carbocycles. The molecule has 0 aromatic heterocycles. The second-order valence-corrected chi connectivity index (χ2v) is 3.22. The van der Waals surface area contributed by atoms with Crippen LogP contribution in [0.15, 0.2) is 0 Å². The third-order valence-electron chi connectivity index (χ3n) is 1.96. The maximum absolute atomic E-state index is 11.1. The number of carbonyl (C=O) groups excluding carboxylic acids is 2. The van der Waals surface area contributed by atoms with Crippen molar-refractivity contribution in [1.29, 1.82) is 0 Å². The van der Waals surface area contributed by atoms with Crippen molar-refractivity contribution in [3.05, 3.63) is 0 Å². The fraction of sp³-hybridized carbons (Fsp3) is 0.714. The number of rotatable bonds is 2. The van der Waals surface area contributed by atoms with Gasteiger partial charge in [0, 0.05) is 6.04 Å². The van der Waals surface area contributed by atoms with E-state index in [1.807, 2.05) is 0 Å². The van der Waals surface area contributed by atoms with Crippen molar-refractivity contribution in [3.8, 4) is 0 Å². The molecule has 2 rings (SSSR count). The summed E-state index contributed by atoms with van der Waals surface area (Å²) in [6.45, 7) is 0.191. The topological polar surface area (TPSA) is 79.5 Å². The molecule has 1 heterocycles. The lowest BCUT2D eigenvalue weighted by atomic mass is 10.3. The van der Waals surface area contributed by atoms with Crippen LogP contribution in [0.1, 0.15) is 12.8 Å². The summed E-state index contributed by atoms with van der Waals surface area (Å²) in [6.07, 6.45) is 2.06. The summed E-state index contributed by atoms with van der Waals surface area (Å²) in [7, 11) is 0. The molecule has 1 unspecified atom stereocenters. The number of amides is 3. The molecule has 1 saturated heterocycles. The van der Waals surface area contributed by atoms with Crippen molar-refractivity contribution >= 4 is 11.9 Å². The SMILES string of the molecule is O=C(NC1CC1)NC1CONC1=O. The van der Waals surface area contributed by atoms with Gasteiger partial charge in [0.05, 0.1) is 0 Å². The first kappa shape index (κ1) is 8.31. The molecule has 0 aromatic carbocycles. The van der Waals surface area contributed by atoms with Crippen LogP contribution in [-0.4, -0.2) is 30.6 Å². The predicted octanol–water partition coefficient (Wildman–Crippen LogP) is -1.12. The van der Waals surface area contributed by atoms with Gasteiger partial charge in [-0.15, -0.1) is 0 Å². The Labute approximate surface area is 75.0 Å². The van der Waals surface area contributed by atoms with E-state index in [9.17, 15) is 9.59 Å². The minimum Gasteiger partial charge on any atom is -0.335 e. The number of nitrogens with one attached hydrogen (secondary N) is 3. The molecule has 0 radical (unpaired) electrons. The number of hydrogen-bond acceptors (Lipinski definition) is 3. The summed E-state index contributed by atoms with van der Waals surface area (Å²) in [5.41, 5.74) is 2.16. The number of hydroxylamine groups is 1. The number of urea groups is 1. The highest BCUT2D eigenvalue weighted by molar-refractivity contribution is 5.87. The summed E-state index contributed by atoms with van der Waals surface area (Å²) < 4.78 is 0. The van der Waals surface area contributed by atoms with Crippen molar-refractivity contribution in [2.24, 2.45) is 0 Å². The van der Waals surface area contributed by atoms with Crippen molar-refractivity contribution < 1.29 is 14.4 Å². The number of carbonyl (C=O) groups is 2. The minimum atomic E-state index is -0.557. The first-order valence-electron chi connectivity index (χ1n) is 4.24. The lowest BCUT2D eigenvalue weighted by Crippen LogP contribution is -2.47. The Kier molecular flexibility index (Phi) is 2.05. The maximum Gasteiger partial charge on any atom is 0.315 e. The van der Waals surface area contributed by atoms with Gasteiger partial charge in [-0.3, -0.25) is 9.63 Å². The Morgan fingerprint density at radius 1 is 1.46 bits per heavy atom. The molecule has 0 bridgehead atoms. The molecular weight excluding hydrogens is 174 g/mol. The molecule has 6 heteroatoms. The van der Waals surface area contributed by atoms with Crippen LogP contribution in [0.25, 0.3) is 0 Å². The van der Waals surface area contributed by atoms with Gasteiger partial charge >= 0.3 is 6.03 Å². The van der Waals surface area contributed by atoms with E-state index in [0.717, 1.165) is 12.8 Å². The van der Waals surface area contributed by atoms with Gasteiger partial charge in [-0.1, -0.05) is 0 Å². The molecule has 1 aliphatic heterocycles. The summed E-state index contributed by atoms with van der Waals surface area (Å²) >= 11 is 0. The van der Waals surface area contributed by atoms with Gasteiger partial charge in [0.1, 0.15) is 12.6 Å². The predicted molar refractivity (Wildman–Crippen MR) is 42.6 cm³/mol. The lowest BCUT2D eigenvalue weighted by molar-refractivity contribution is -0.124. The third-order valence-corrected chi connectivity index (χ3v) is 1.96. The van der Waals surface area contributed by atoms with Crippen molar-refractivity contribution in [2.45, 2.75) is 24.9 Å². The molecule has 1 atom stereocenters. The van der Waals surface area contributed by atoms with E-state index >= 15 is 0 Å². The van der Waals surface area contributed by atoms with Crippen LogP contribution in [-0.2, 0) is 9.63 Å². The summed E-state index contributed by atoms with van der Waals surface area (Å²) in [5.74, 6) is -0.300. The maximum atomic E-state index is 11.1. The Morgan fingerprint density at radius 2 is 2.23 bits per heavy atom. The van der Waals surface area contributed by atoms with Crippen LogP contribution in [0.4, 0.5) is 4.79 Å². The third kappa shape index (κ3) is 2.09. The molecule has 2 aliphatic rings.